The molecule has 0 fully saturated rings. The van der Waals surface area contributed by atoms with Crippen LogP contribution in [0.3, 0.4) is 0 Å². The lowest BCUT2D eigenvalue weighted by molar-refractivity contribution is -0.142. The lowest BCUT2D eigenvalue weighted by Crippen LogP contribution is -2.34. The lowest BCUT2D eigenvalue weighted by Gasteiger charge is -2.09. The number of methoxy groups -OCH3 is 1. The van der Waals surface area contributed by atoms with E-state index in [0.29, 0.717) is 13.1 Å². The maximum atomic E-state index is 11.1. The first-order valence-corrected chi connectivity index (χ1v) is 5.10. The van der Waals surface area contributed by atoms with Gasteiger partial charge in [-0.15, -0.1) is 0 Å². The van der Waals surface area contributed by atoms with Crippen molar-refractivity contribution in [1.82, 2.24) is 15.1 Å². The average molecular weight is 227 g/mol. The van der Waals surface area contributed by atoms with Gasteiger partial charge in [0.25, 0.3) is 0 Å². The number of nitrogens with one attached hydrogen (secondary N) is 1. The summed E-state index contributed by atoms with van der Waals surface area (Å²) in [5.74, 6) is -0.289. The van der Waals surface area contributed by atoms with E-state index in [1.165, 1.54) is 7.11 Å². The monoisotopic (exact) mass is 227 g/mol. The molecule has 0 saturated carbocycles. The Labute approximate surface area is 94.2 Å². The van der Waals surface area contributed by atoms with Crippen LogP contribution in [0.1, 0.15) is 12.5 Å². The predicted octanol–water partition coefficient (Wildman–Crippen LogP) is -0.474. The van der Waals surface area contributed by atoms with Gasteiger partial charge in [0.2, 0.25) is 0 Å². The highest BCUT2D eigenvalue weighted by atomic mass is 16.5. The summed E-state index contributed by atoms with van der Waals surface area (Å²) in [5, 5.41) is 15.8. The molecule has 0 spiro atoms. The predicted molar refractivity (Wildman–Crippen MR) is 57.6 cm³/mol. The SMILES string of the molecule is COC(=O)C(C)NCc1cnn(CCO)c1. The number of aliphatic hydroxyl groups is 1. The fraction of sp³-hybridized carbons (Fsp3) is 0.600. The Balaban J connectivity index is 2.39. The highest BCUT2D eigenvalue weighted by molar-refractivity contribution is 5.75. The van der Waals surface area contributed by atoms with E-state index >= 15 is 0 Å². The number of carbonyl (C=O) groups is 1. The van der Waals surface area contributed by atoms with Crippen molar-refractivity contribution in [1.29, 1.82) is 0 Å². The summed E-state index contributed by atoms with van der Waals surface area (Å²) in [5.41, 5.74) is 0.962. The van der Waals surface area contributed by atoms with Crippen LogP contribution < -0.4 is 5.32 Å². The van der Waals surface area contributed by atoms with E-state index in [2.05, 4.69) is 15.2 Å². The van der Waals surface area contributed by atoms with Gasteiger partial charge >= 0.3 is 5.97 Å². The second-order valence-corrected chi connectivity index (χ2v) is 3.46. The first kappa shape index (κ1) is 12.7. The molecule has 16 heavy (non-hydrogen) atoms. The number of hydrogen-bond acceptors (Lipinski definition) is 5. The molecule has 1 atom stereocenters. The van der Waals surface area contributed by atoms with Gasteiger partial charge < -0.3 is 15.2 Å². The zero-order valence-corrected chi connectivity index (χ0v) is 9.51. The van der Waals surface area contributed by atoms with Crippen LogP contribution in [0.15, 0.2) is 12.4 Å². The molecule has 0 radical (unpaired) electrons. The lowest BCUT2D eigenvalue weighted by atomic mass is 10.3. The number of ether oxygens (including phenoxy) is 1. The maximum absolute atomic E-state index is 11.1. The second-order valence-electron chi connectivity index (χ2n) is 3.46. The van der Waals surface area contributed by atoms with Gasteiger partial charge in [-0.1, -0.05) is 0 Å². The Bertz CT molecular complexity index is 338. The van der Waals surface area contributed by atoms with Gasteiger partial charge in [0.15, 0.2) is 0 Å². The van der Waals surface area contributed by atoms with E-state index in [1.54, 1.807) is 17.8 Å². The van der Waals surface area contributed by atoms with Crippen molar-refractivity contribution in [2.24, 2.45) is 0 Å². The standard InChI is InChI=1S/C10H17N3O3/c1-8(10(15)16-2)11-5-9-6-12-13(7-9)3-4-14/h6-8,11,14H,3-5H2,1-2H3. The quantitative estimate of drug-likeness (QED) is 0.642. The van der Waals surface area contributed by atoms with Crippen molar-refractivity contribution in [3.05, 3.63) is 18.0 Å². The Hall–Kier alpha value is -1.40. The number of esters is 1. The molecule has 0 saturated heterocycles. The third-order valence-electron chi connectivity index (χ3n) is 2.18. The van der Waals surface area contributed by atoms with Crippen molar-refractivity contribution >= 4 is 5.97 Å². The number of rotatable bonds is 6. The van der Waals surface area contributed by atoms with Gasteiger partial charge in [0.05, 0.1) is 26.5 Å². The van der Waals surface area contributed by atoms with Crippen molar-refractivity contribution < 1.29 is 14.6 Å². The molecule has 0 aliphatic heterocycles. The zero-order chi connectivity index (χ0) is 12.0. The van der Waals surface area contributed by atoms with Crippen molar-refractivity contribution in [3.8, 4) is 0 Å². The summed E-state index contributed by atoms with van der Waals surface area (Å²) in [7, 11) is 1.36. The first-order valence-electron chi connectivity index (χ1n) is 5.10. The highest BCUT2D eigenvalue weighted by Crippen LogP contribution is 1.98. The fourth-order valence-electron chi connectivity index (χ4n) is 1.25. The normalized spacial score (nSPS) is 12.4. The molecule has 6 nitrogen and oxygen atoms in total. The number of hydrogen-bond donors (Lipinski definition) is 2. The summed E-state index contributed by atoms with van der Waals surface area (Å²) >= 11 is 0. The number of aliphatic hydroxyl groups excluding tert-OH is 1. The molecule has 1 aromatic rings. The van der Waals surface area contributed by atoms with Gasteiger partial charge in [0, 0.05) is 18.3 Å². The highest BCUT2D eigenvalue weighted by Gasteiger charge is 2.11. The molecule has 90 valence electrons. The molecule has 0 amide bonds. The average Bonchev–Trinajstić information content (AvgIpc) is 2.73. The van der Waals surface area contributed by atoms with Crippen molar-refractivity contribution in [3.63, 3.8) is 0 Å². The minimum absolute atomic E-state index is 0.0626. The van der Waals surface area contributed by atoms with Gasteiger partial charge in [-0.3, -0.25) is 9.48 Å². The maximum Gasteiger partial charge on any atom is 0.322 e. The van der Waals surface area contributed by atoms with Crippen LogP contribution in [0.25, 0.3) is 0 Å². The second kappa shape index (κ2) is 6.24. The molecule has 0 aromatic carbocycles. The van der Waals surface area contributed by atoms with Crippen LogP contribution in [0.4, 0.5) is 0 Å². The van der Waals surface area contributed by atoms with Crippen molar-refractivity contribution in [2.45, 2.75) is 26.1 Å². The van der Waals surface area contributed by atoms with Gasteiger partial charge in [0.1, 0.15) is 6.04 Å². The van der Waals surface area contributed by atoms with Crippen LogP contribution in [0, 0.1) is 0 Å². The first-order chi connectivity index (χ1) is 7.67. The molecule has 1 unspecified atom stereocenters. The topological polar surface area (TPSA) is 76.4 Å². The summed E-state index contributed by atoms with van der Waals surface area (Å²) in [6, 6.07) is -0.341. The number of nitrogens with zero attached hydrogens (tertiary/aromatic N) is 2. The number of carbonyl (C=O) groups excluding carboxylic acids is 1. The molecule has 1 aromatic heterocycles. The van der Waals surface area contributed by atoms with Gasteiger partial charge in [-0.05, 0) is 6.92 Å². The summed E-state index contributed by atoms with van der Waals surface area (Å²) < 4.78 is 6.24. The third kappa shape index (κ3) is 3.63. The van der Waals surface area contributed by atoms with Crippen LogP contribution >= 0.6 is 0 Å². The van der Waals surface area contributed by atoms with Crippen LogP contribution in [0.5, 0.6) is 0 Å². The molecular formula is C10H17N3O3. The smallest absolute Gasteiger partial charge is 0.322 e. The van der Waals surface area contributed by atoms with Crippen LogP contribution in [0.2, 0.25) is 0 Å². The molecule has 1 rings (SSSR count). The molecule has 0 aliphatic carbocycles. The molecule has 0 bridgehead atoms. The van der Waals surface area contributed by atoms with Crippen LogP contribution in [-0.4, -0.2) is 40.6 Å². The third-order valence-corrected chi connectivity index (χ3v) is 2.18. The minimum atomic E-state index is -0.341. The van der Waals surface area contributed by atoms with E-state index in [4.69, 9.17) is 5.11 Å². The Morgan fingerprint density at radius 2 is 2.50 bits per heavy atom. The van der Waals surface area contributed by atoms with E-state index < -0.39 is 0 Å². The van der Waals surface area contributed by atoms with E-state index in [9.17, 15) is 4.79 Å². The molecule has 1 heterocycles. The summed E-state index contributed by atoms with van der Waals surface area (Å²) in [6.07, 6.45) is 3.53. The van der Waals surface area contributed by atoms with Crippen molar-refractivity contribution in [2.75, 3.05) is 13.7 Å². The van der Waals surface area contributed by atoms with Gasteiger partial charge in [-0.2, -0.15) is 5.10 Å². The Kier molecular flexibility index (Phi) is 4.94. The molecule has 2 N–H and O–H groups in total. The van der Waals surface area contributed by atoms with E-state index in [1.807, 2.05) is 6.20 Å². The molecule has 0 aliphatic rings. The Morgan fingerprint density at radius 3 is 3.12 bits per heavy atom. The van der Waals surface area contributed by atoms with E-state index in [0.717, 1.165) is 5.56 Å². The molecular weight excluding hydrogens is 210 g/mol. The summed E-state index contributed by atoms with van der Waals surface area (Å²) in [4.78, 5) is 11.1. The summed E-state index contributed by atoms with van der Waals surface area (Å²) in [6.45, 7) is 2.82. The van der Waals surface area contributed by atoms with E-state index in [-0.39, 0.29) is 18.6 Å². The molecule has 6 heteroatoms. The number of aromatic nitrogens is 2. The zero-order valence-electron chi connectivity index (χ0n) is 9.51. The van der Waals surface area contributed by atoms with Gasteiger partial charge in [-0.25, -0.2) is 0 Å². The largest absolute Gasteiger partial charge is 0.468 e. The fourth-order valence-corrected chi connectivity index (χ4v) is 1.25. The Morgan fingerprint density at radius 1 is 1.75 bits per heavy atom. The minimum Gasteiger partial charge on any atom is -0.468 e. The van der Waals surface area contributed by atoms with Crippen LogP contribution in [-0.2, 0) is 22.6 Å².